The monoisotopic (exact) mass is 405 g/mol. The summed E-state index contributed by atoms with van der Waals surface area (Å²) in [5.41, 5.74) is 0.595. The second-order valence-corrected chi connectivity index (χ2v) is 7.17. The minimum Gasteiger partial charge on any atom is -0.489 e. The summed E-state index contributed by atoms with van der Waals surface area (Å²) in [6.45, 7) is 1.35. The van der Waals surface area contributed by atoms with Crippen LogP contribution in [-0.4, -0.2) is 52.2 Å². The van der Waals surface area contributed by atoms with Crippen molar-refractivity contribution in [1.82, 2.24) is 20.1 Å². The summed E-state index contributed by atoms with van der Waals surface area (Å²) in [5, 5.41) is 6.57. The van der Waals surface area contributed by atoms with Crippen molar-refractivity contribution < 1.29 is 23.1 Å². The number of para-hydroxylation sites is 2. The van der Waals surface area contributed by atoms with Gasteiger partial charge in [-0.1, -0.05) is 19.1 Å². The third kappa shape index (κ3) is 3.32. The number of ether oxygens (including phenoxy) is 1. The average molecular weight is 405 g/mol. The molecule has 0 radical (unpaired) electrons. The quantitative estimate of drug-likeness (QED) is 0.840. The van der Waals surface area contributed by atoms with E-state index in [0.29, 0.717) is 23.7 Å². The van der Waals surface area contributed by atoms with Crippen molar-refractivity contribution in [2.24, 2.45) is 0 Å². The molecule has 10 heteroatoms. The van der Waals surface area contributed by atoms with E-state index in [2.05, 4.69) is 15.4 Å². The fourth-order valence-electron chi connectivity index (χ4n) is 3.67. The molecule has 1 aromatic heterocycles. The summed E-state index contributed by atoms with van der Waals surface area (Å²) < 4.78 is 35.1. The third-order valence-corrected chi connectivity index (χ3v) is 5.37. The van der Waals surface area contributed by atoms with E-state index in [1.54, 1.807) is 31.3 Å². The van der Waals surface area contributed by atoms with Crippen LogP contribution in [0.3, 0.4) is 0 Å². The molecule has 2 aliphatic rings. The third-order valence-electron chi connectivity index (χ3n) is 5.37. The maximum Gasteiger partial charge on any atom is 0.291 e. The number of nitrogens with zero attached hydrogens (tertiary/aromatic N) is 4. The normalized spacial score (nSPS) is 21.2. The van der Waals surface area contributed by atoms with Crippen LogP contribution in [0.5, 0.6) is 5.75 Å². The maximum atomic E-state index is 14.1. The number of carbonyl (C=O) groups is 2. The summed E-state index contributed by atoms with van der Waals surface area (Å²) in [5.74, 6) is -3.33. The Hall–Kier alpha value is -3.04. The van der Waals surface area contributed by atoms with E-state index in [1.807, 2.05) is 0 Å². The van der Waals surface area contributed by atoms with E-state index in [4.69, 9.17) is 4.74 Å². The van der Waals surface area contributed by atoms with Gasteiger partial charge in [-0.25, -0.2) is 18.4 Å². The minimum atomic E-state index is -2.92. The second-order valence-electron chi connectivity index (χ2n) is 7.17. The van der Waals surface area contributed by atoms with Gasteiger partial charge in [0, 0.05) is 19.9 Å². The molecule has 0 aliphatic carbocycles. The van der Waals surface area contributed by atoms with Crippen LogP contribution >= 0.6 is 0 Å². The molecule has 4 rings (SSSR count). The molecule has 154 valence electrons. The van der Waals surface area contributed by atoms with E-state index < -0.39 is 23.9 Å². The van der Waals surface area contributed by atoms with Crippen LogP contribution in [0.1, 0.15) is 42.3 Å². The number of anilines is 1. The van der Waals surface area contributed by atoms with Crippen LogP contribution in [-0.2, 0) is 11.2 Å². The number of aryl methyl sites for hydroxylation is 1. The standard InChI is InChI=1S/C19H21F2N5O3/c1-3-19(20,21)14-8-9-15-23-16(24-26(14)15)17(27)22-11-10-29-13-7-5-4-6-12(13)25(2)18(11)28/h4-7,11,14H,3,8-10H2,1-2H3,(H,22,27)/t11-,14-/m0/s1. The Morgan fingerprint density at radius 3 is 2.90 bits per heavy atom. The molecule has 2 amide bonds. The summed E-state index contributed by atoms with van der Waals surface area (Å²) in [6, 6.07) is 4.98. The Morgan fingerprint density at radius 1 is 1.38 bits per heavy atom. The Bertz CT molecular complexity index is 961. The SMILES string of the molecule is CCC(F)(F)[C@@H]1CCc2nc(C(=O)N[C@H]3COc4ccccc4N(C)C3=O)nn21. The first-order valence-electron chi connectivity index (χ1n) is 9.45. The molecule has 3 heterocycles. The van der Waals surface area contributed by atoms with Gasteiger partial charge in [0.05, 0.1) is 5.69 Å². The highest BCUT2D eigenvalue weighted by atomic mass is 19.3. The summed E-state index contributed by atoms with van der Waals surface area (Å²) >= 11 is 0. The lowest BCUT2D eigenvalue weighted by Gasteiger charge is -2.22. The zero-order valence-electron chi connectivity index (χ0n) is 16.1. The first-order chi connectivity index (χ1) is 13.8. The molecule has 2 aliphatic heterocycles. The highest BCUT2D eigenvalue weighted by Crippen LogP contribution is 2.39. The van der Waals surface area contributed by atoms with Crippen molar-refractivity contribution in [2.45, 2.75) is 44.2 Å². The number of amides is 2. The van der Waals surface area contributed by atoms with Gasteiger partial charge in [-0.05, 0) is 18.6 Å². The van der Waals surface area contributed by atoms with Crippen LogP contribution in [0, 0.1) is 0 Å². The zero-order valence-corrected chi connectivity index (χ0v) is 16.1. The van der Waals surface area contributed by atoms with E-state index in [0.717, 1.165) is 4.68 Å². The van der Waals surface area contributed by atoms with Crippen molar-refractivity contribution in [2.75, 3.05) is 18.6 Å². The van der Waals surface area contributed by atoms with Gasteiger partial charge in [0.25, 0.3) is 17.7 Å². The molecule has 1 aromatic carbocycles. The van der Waals surface area contributed by atoms with E-state index >= 15 is 0 Å². The molecular formula is C19H21F2N5O3. The molecule has 2 atom stereocenters. The number of rotatable bonds is 4. The smallest absolute Gasteiger partial charge is 0.291 e. The van der Waals surface area contributed by atoms with Gasteiger partial charge in [0.2, 0.25) is 5.82 Å². The number of fused-ring (bicyclic) bond motifs is 2. The highest BCUT2D eigenvalue weighted by molar-refractivity contribution is 6.02. The van der Waals surface area contributed by atoms with Crippen molar-refractivity contribution in [1.29, 1.82) is 0 Å². The summed E-state index contributed by atoms with van der Waals surface area (Å²) in [7, 11) is 1.59. The number of nitrogens with one attached hydrogen (secondary N) is 1. The molecular weight excluding hydrogens is 384 g/mol. The van der Waals surface area contributed by atoms with Crippen LogP contribution < -0.4 is 15.0 Å². The predicted octanol–water partition coefficient (Wildman–Crippen LogP) is 1.96. The maximum absolute atomic E-state index is 14.1. The van der Waals surface area contributed by atoms with Crippen LogP contribution in [0.4, 0.5) is 14.5 Å². The predicted molar refractivity (Wildman–Crippen MR) is 99.2 cm³/mol. The Kier molecular flexibility index (Phi) is 4.71. The fourth-order valence-corrected chi connectivity index (χ4v) is 3.67. The van der Waals surface area contributed by atoms with Gasteiger partial charge in [-0.2, -0.15) is 0 Å². The highest BCUT2D eigenvalue weighted by Gasteiger charge is 2.44. The lowest BCUT2D eigenvalue weighted by molar-refractivity contribution is -0.120. The van der Waals surface area contributed by atoms with Crippen LogP contribution in [0.2, 0.25) is 0 Å². The molecule has 0 unspecified atom stereocenters. The molecule has 29 heavy (non-hydrogen) atoms. The Labute approximate surface area is 165 Å². The number of halogens is 2. The number of aromatic nitrogens is 3. The Morgan fingerprint density at radius 2 is 2.14 bits per heavy atom. The Balaban J connectivity index is 1.51. The fraction of sp³-hybridized carbons (Fsp3) is 0.474. The van der Waals surface area contributed by atoms with Gasteiger partial charge in [-0.3, -0.25) is 9.59 Å². The first kappa shape index (κ1) is 19.3. The van der Waals surface area contributed by atoms with Gasteiger partial charge in [0.15, 0.2) is 0 Å². The number of alkyl halides is 2. The number of likely N-dealkylation sites (N-methyl/N-ethyl adjacent to an activating group) is 1. The molecule has 2 aromatic rings. The molecule has 0 bridgehead atoms. The van der Waals surface area contributed by atoms with Crippen LogP contribution in [0.15, 0.2) is 24.3 Å². The first-order valence-corrected chi connectivity index (χ1v) is 9.45. The van der Waals surface area contributed by atoms with Gasteiger partial charge < -0.3 is 15.0 Å². The number of benzene rings is 1. The van der Waals surface area contributed by atoms with Crippen molar-refractivity contribution in [3.63, 3.8) is 0 Å². The van der Waals surface area contributed by atoms with Crippen molar-refractivity contribution in [3.8, 4) is 5.75 Å². The van der Waals surface area contributed by atoms with Crippen molar-refractivity contribution in [3.05, 3.63) is 35.9 Å². The lowest BCUT2D eigenvalue weighted by atomic mass is 10.1. The summed E-state index contributed by atoms with van der Waals surface area (Å²) in [6.07, 6.45) is 0.236. The summed E-state index contributed by atoms with van der Waals surface area (Å²) in [4.78, 5) is 30.9. The molecule has 8 nitrogen and oxygen atoms in total. The molecule has 0 saturated heterocycles. The average Bonchev–Trinajstić information content (AvgIpc) is 3.28. The van der Waals surface area contributed by atoms with E-state index in [9.17, 15) is 18.4 Å². The second kappa shape index (κ2) is 7.09. The number of carbonyl (C=O) groups excluding carboxylic acids is 2. The minimum absolute atomic E-state index is 0.0595. The zero-order chi connectivity index (χ0) is 20.8. The molecule has 0 fully saturated rings. The van der Waals surface area contributed by atoms with E-state index in [-0.39, 0.29) is 31.2 Å². The molecule has 0 saturated carbocycles. The van der Waals surface area contributed by atoms with Gasteiger partial charge in [0.1, 0.15) is 30.3 Å². The van der Waals surface area contributed by atoms with E-state index in [1.165, 1.54) is 11.8 Å². The topological polar surface area (TPSA) is 89.3 Å². The molecule has 1 N–H and O–H groups in total. The number of hydrogen-bond donors (Lipinski definition) is 1. The van der Waals surface area contributed by atoms with Gasteiger partial charge in [-0.15, -0.1) is 5.10 Å². The lowest BCUT2D eigenvalue weighted by Crippen LogP contribution is -2.49. The van der Waals surface area contributed by atoms with Crippen LogP contribution in [0.25, 0.3) is 0 Å². The van der Waals surface area contributed by atoms with Gasteiger partial charge >= 0.3 is 0 Å². The largest absolute Gasteiger partial charge is 0.489 e. The molecule has 0 spiro atoms. The van der Waals surface area contributed by atoms with Crippen molar-refractivity contribution >= 4 is 17.5 Å². The number of hydrogen-bond acceptors (Lipinski definition) is 5.